The number of hydrogen-bond donors (Lipinski definition) is 3. The average molecular weight is 270 g/mol. The van der Waals surface area contributed by atoms with Crippen molar-refractivity contribution in [2.24, 2.45) is 0 Å². The first-order chi connectivity index (χ1) is 9.08. The topological polar surface area (TPSA) is 114 Å². The van der Waals surface area contributed by atoms with E-state index in [9.17, 15) is 14.7 Å². The van der Waals surface area contributed by atoms with E-state index >= 15 is 0 Å². The monoisotopic (exact) mass is 270 g/mol. The molecule has 1 aromatic rings. The molecule has 1 unspecified atom stereocenters. The predicted molar refractivity (Wildman–Crippen MR) is 63.4 cm³/mol. The average Bonchev–Trinajstić information content (AvgIpc) is 2.68. The van der Waals surface area contributed by atoms with Crippen molar-refractivity contribution < 1.29 is 19.7 Å². The van der Waals surface area contributed by atoms with Gasteiger partial charge in [0.15, 0.2) is 12.3 Å². The number of rotatable bonds is 4. The molecule has 2 heterocycles. The number of aromatic amines is 1. The second-order valence-electron chi connectivity index (χ2n) is 4.02. The zero-order chi connectivity index (χ0) is 14.0. The molecule has 0 amide bonds. The van der Waals surface area contributed by atoms with Crippen LogP contribution >= 0.6 is 0 Å². The maximum absolute atomic E-state index is 11.6. The lowest BCUT2D eigenvalue weighted by molar-refractivity contribution is -0.0554. The van der Waals surface area contributed by atoms with Gasteiger partial charge in [-0.05, 0) is 0 Å². The highest BCUT2D eigenvalue weighted by Gasteiger charge is 2.45. The Kier molecular flexibility index (Phi) is 3.84. The number of H-pyrrole nitrogens is 1. The van der Waals surface area contributed by atoms with Crippen LogP contribution < -0.4 is 11.2 Å². The molecule has 2 rings (SSSR count). The zero-order valence-corrected chi connectivity index (χ0v) is 9.93. The molecule has 1 saturated heterocycles. The molecule has 1 fully saturated rings. The maximum Gasteiger partial charge on any atom is 0.330 e. The Morgan fingerprint density at radius 3 is 2.89 bits per heavy atom. The molecule has 0 aliphatic carbocycles. The third-order valence-electron chi connectivity index (χ3n) is 2.87. The van der Waals surface area contributed by atoms with Gasteiger partial charge in [0.25, 0.3) is 5.56 Å². The quantitative estimate of drug-likeness (QED) is 0.563. The van der Waals surface area contributed by atoms with Crippen LogP contribution in [0.2, 0.25) is 0 Å². The summed E-state index contributed by atoms with van der Waals surface area (Å²) in [4.78, 5) is 24.7. The molecule has 0 spiro atoms. The molecular formula is C11H14N2O6. The SMILES string of the molecule is C=CO[C@@H]1C(O)[C@H](n2ccc(=O)[nH]c2=O)O[C@@H]1CO. The van der Waals surface area contributed by atoms with Crippen molar-refractivity contribution in [1.29, 1.82) is 0 Å². The molecule has 8 nitrogen and oxygen atoms in total. The van der Waals surface area contributed by atoms with Crippen molar-refractivity contribution in [3.05, 3.63) is 45.9 Å². The molecule has 0 radical (unpaired) electrons. The van der Waals surface area contributed by atoms with E-state index in [2.05, 4.69) is 11.6 Å². The first kappa shape index (κ1) is 13.5. The van der Waals surface area contributed by atoms with Gasteiger partial charge in [0, 0.05) is 12.3 Å². The molecule has 1 aliphatic rings. The van der Waals surface area contributed by atoms with Gasteiger partial charge < -0.3 is 19.7 Å². The second-order valence-corrected chi connectivity index (χ2v) is 4.02. The van der Waals surface area contributed by atoms with Crippen molar-refractivity contribution in [3.63, 3.8) is 0 Å². The van der Waals surface area contributed by atoms with Gasteiger partial charge in [-0.2, -0.15) is 0 Å². The first-order valence-corrected chi connectivity index (χ1v) is 5.60. The molecule has 0 aromatic carbocycles. The Bertz CT molecular complexity index is 565. The van der Waals surface area contributed by atoms with Crippen LogP contribution in [0.4, 0.5) is 0 Å². The lowest BCUT2D eigenvalue weighted by atomic mass is 10.1. The number of aliphatic hydroxyl groups is 2. The summed E-state index contributed by atoms with van der Waals surface area (Å²) < 4.78 is 11.5. The largest absolute Gasteiger partial charge is 0.493 e. The van der Waals surface area contributed by atoms with E-state index in [-0.39, 0.29) is 6.61 Å². The molecular weight excluding hydrogens is 256 g/mol. The Hall–Kier alpha value is -1.90. The minimum atomic E-state index is -1.18. The smallest absolute Gasteiger partial charge is 0.330 e. The Morgan fingerprint density at radius 2 is 2.32 bits per heavy atom. The number of ether oxygens (including phenoxy) is 2. The van der Waals surface area contributed by atoms with Crippen LogP contribution in [0.5, 0.6) is 0 Å². The summed E-state index contributed by atoms with van der Waals surface area (Å²) in [5.74, 6) is 0. The summed E-state index contributed by atoms with van der Waals surface area (Å²) in [6, 6.07) is 1.13. The predicted octanol–water partition coefficient (Wildman–Crippen LogP) is -1.68. The summed E-state index contributed by atoms with van der Waals surface area (Å²) in [7, 11) is 0. The van der Waals surface area contributed by atoms with Crippen molar-refractivity contribution >= 4 is 0 Å². The van der Waals surface area contributed by atoms with E-state index in [1.807, 2.05) is 0 Å². The van der Waals surface area contributed by atoms with E-state index in [1.54, 1.807) is 0 Å². The van der Waals surface area contributed by atoms with E-state index < -0.39 is 35.8 Å². The van der Waals surface area contributed by atoms with Gasteiger partial charge >= 0.3 is 5.69 Å². The maximum atomic E-state index is 11.6. The standard InChI is InChI=1S/C11H14N2O6/c1-2-18-9-6(5-14)19-10(8(9)16)13-4-3-7(15)12-11(13)17/h2-4,6,8-10,14,16H,1,5H2,(H,12,15,17)/t6-,8?,9+,10-/m1/s1. The molecule has 3 N–H and O–H groups in total. The number of nitrogens with one attached hydrogen (secondary N) is 1. The number of nitrogens with zero attached hydrogens (tertiary/aromatic N) is 1. The molecule has 104 valence electrons. The molecule has 0 saturated carbocycles. The van der Waals surface area contributed by atoms with Gasteiger partial charge in [-0.15, -0.1) is 0 Å². The van der Waals surface area contributed by atoms with Crippen molar-refractivity contribution in [3.8, 4) is 0 Å². The van der Waals surface area contributed by atoms with E-state index in [0.29, 0.717) is 0 Å². The van der Waals surface area contributed by atoms with Crippen LogP contribution in [0.3, 0.4) is 0 Å². The van der Waals surface area contributed by atoms with Crippen LogP contribution in [-0.4, -0.2) is 44.7 Å². The van der Waals surface area contributed by atoms with E-state index in [0.717, 1.165) is 16.9 Å². The van der Waals surface area contributed by atoms with Gasteiger partial charge in [-0.3, -0.25) is 14.3 Å². The molecule has 1 aliphatic heterocycles. The van der Waals surface area contributed by atoms with E-state index in [4.69, 9.17) is 14.6 Å². The fourth-order valence-electron chi connectivity index (χ4n) is 2.00. The normalized spacial score (nSPS) is 30.2. The van der Waals surface area contributed by atoms with E-state index in [1.165, 1.54) is 6.20 Å². The third kappa shape index (κ3) is 2.46. The highest BCUT2D eigenvalue weighted by Crippen LogP contribution is 2.30. The van der Waals surface area contributed by atoms with Gasteiger partial charge in [0.05, 0.1) is 12.9 Å². The Morgan fingerprint density at radius 1 is 1.58 bits per heavy atom. The summed E-state index contributed by atoms with van der Waals surface area (Å²) in [5.41, 5.74) is -1.26. The lowest BCUT2D eigenvalue weighted by Gasteiger charge is -2.18. The van der Waals surface area contributed by atoms with Crippen LogP contribution in [-0.2, 0) is 9.47 Å². The van der Waals surface area contributed by atoms with Crippen LogP contribution in [0, 0.1) is 0 Å². The van der Waals surface area contributed by atoms with Gasteiger partial charge in [-0.1, -0.05) is 6.58 Å². The molecule has 19 heavy (non-hydrogen) atoms. The minimum absolute atomic E-state index is 0.385. The minimum Gasteiger partial charge on any atom is -0.493 e. The number of aromatic nitrogens is 2. The third-order valence-corrected chi connectivity index (χ3v) is 2.87. The molecule has 4 atom stereocenters. The van der Waals surface area contributed by atoms with Crippen LogP contribution in [0.1, 0.15) is 6.23 Å². The number of aliphatic hydroxyl groups excluding tert-OH is 2. The Labute approximate surface area is 107 Å². The van der Waals surface area contributed by atoms with Crippen LogP contribution in [0.15, 0.2) is 34.7 Å². The van der Waals surface area contributed by atoms with Crippen molar-refractivity contribution in [1.82, 2.24) is 9.55 Å². The highest BCUT2D eigenvalue weighted by molar-refractivity contribution is 4.94. The summed E-state index contributed by atoms with van der Waals surface area (Å²) in [6.07, 6.45) is -1.54. The summed E-state index contributed by atoms with van der Waals surface area (Å²) in [5, 5.41) is 19.2. The number of hydrogen-bond acceptors (Lipinski definition) is 6. The highest BCUT2D eigenvalue weighted by atomic mass is 16.6. The van der Waals surface area contributed by atoms with Gasteiger partial charge in [0.1, 0.15) is 12.2 Å². The lowest BCUT2D eigenvalue weighted by Crippen LogP contribution is -2.38. The molecule has 1 aromatic heterocycles. The summed E-state index contributed by atoms with van der Waals surface area (Å²) >= 11 is 0. The van der Waals surface area contributed by atoms with Crippen LogP contribution in [0.25, 0.3) is 0 Å². The fraction of sp³-hybridized carbons (Fsp3) is 0.455. The first-order valence-electron chi connectivity index (χ1n) is 5.60. The fourth-order valence-corrected chi connectivity index (χ4v) is 2.00. The van der Waals surface area contributed by atoms with Gasteiger partial charge in [0.2, 0.25) is 0 Å². The Balaban J connectivity index is 2.33. The van der Waals surface area contributed by atoms with Crippen molar-refractivity contribution in [2.45, 2.75) is 24.5 Å². The molecule has 8 heteroatoms. The van der Waals surface area contributed by atoms with Gasteiger partial charge in [-0.25, -0.2) is 4.79 Å². The van der Waals surface area contributed by atoms with Crippen molar-refractivity contribution in [2.75, 3.05) is 6.61 Å². The molecule has 0 bridgehead atoms. The zero-order valence-electron chi connectivity index (χ0n) is 9.93. The second kappa shape index (κ2) is 5.39. The summed E-state index contributed by atoms with van der Waals surface area (Å²) in [6.45, 7) is 2.98.